The highest BCUT2D eigenvalue weighted by molar-refractivity contribution is 7.89. The molecular weight excluding hydrogens is 461 g/mol. The predicted octanol–water partition coefficient (Wildman–Crippen LogP) is 3.20. The second-order valence-corrected chi connectivity index (χ2v) is 10.8. The first-order chi connectivity index (χ1) is 15.2. The van der Waals surface area contributed by atoms with Crippen LogP contribution in [0.1, 0.15) is 56.4 Å². The van der Waals surface area contributed by atoms with E-state index in [1.807, 2.05) is 45.0 Å². The van der Waals surface area contributed by atoms with E-state index in [1.165, 1.54) is 4.68 Å². The molecule has 12 heteroatoms. The Bertz CT molecular complexity index is 1110. The normalized spacial score (nSPS) is 15.3. The quantitative estimate of drug-likeness (QED) is 0.556. The molecule has 0 saturated heterocycles. The van der Waals surface area contributed by atoms with Crippen LogP contribution in [-0.4, -0.2) is 51.1 Å². The highest BCUT2D eigenvalue weighted by atomic mass is 32.2. The van der Waals surface area contributed by atoms with Gasteiger partial charge in [0.25, 0.3) is 0 Å². The zero-order valence-corrected chi connectivity index (χ0v) is 19.5. The van der Waals surface area contributed by atoms with Crippen molar-refractivity contribution in [3.63, 3.8) is 0 Å². The molecule has 33 heavy (non-hydrogen) atoms. The third-order valence-electron chi connectivity index (χ3n) is 4.92. The average Bonchev–Trinajstić information content (AvgIpc) is 3.07. The molecule has 0 fully saturated rings. The first kappa shape index (κ1) is 25.2. The minimum atomic E-state index is -5.40. The van der Waals surface area contributed by atoms with Crippen LogP contribution in [0.3, 0.4) is 0 Å². The minimum Gasteiger partial charge on any atom is -0.460 e. The van der Waals surface area contributed by atoms with E-state index in [-0.39, 0.29) is 24.9 Å². The number of rotatable bonds is 7. The number of hydrogen-bond acceptors (Lipinski definition) is 6. The number of alkyl halides is 3. The fraction of sp³-hybridized carbons (Fsp3) is 0.571. The van der Waals surface area contributed by atoms with Gasteiger partial charge >= 0.3 is 21.5 Å². The predicted molar refractivity (Wildman–Crippen MR) is 113 cm³/mol. The Morgan fingerprint density at radius 1 is 1.15 bits per heavy atom. The largest absolute Gasteiger partial charge is 0.511 e. The van der Waals surface area contributed by atoms with Crippen LogP contribution in [0.2, 0.25) is 0 Å². The molecule has 1 aliphatic rings. The summed E-state index contributed by atoms with van der Waals surface area (Å²) >= 11 is 0. The van der Waals surface area contributed by atoms with Crippen LogP contribution in [0.15, 0.2) is 24.3 Å². The van der Waals surface area contributed by atoms with E-state index in [0.717, 1.165) is 11.1 Å². The van der Waals surface area contributed by atoms with Gasteiger partial charge in [0, 0.05) is 19.4 Å². The molecule has 1 aromatic heterocycles. The minimum absolute atomic E-state index is 0.00233. The summed E-state index contributed by atoms with van der Waals surface area (Å²) in [6.07, 6.45) is 1.99. The van der Waals surface area contributed by atoms with Crippen LogP contribution in [0.4, 0.5) is 13.2 Å². The Hall–Kier alpha value is -2.47. The van der Waals surface area contributed by atoms with E-state index in [9.17, 15) is 26.4 Å². The van der Waals surface area contributed by atoms with Gasteiger partial charge in [-0.2, -0.15) is 22.6 Å². The maximum atomic E-state index is 12.8. The smallest absolute Gasteiger partial charge is 0.460 e. The number of aryl methyl sites for hydroxylation is 1. The van der Waals surface area contributed by atoms with Crippen LogP contribution in [0.5, 0.6) is 0 Å². The molecule has 1 aliphatic heterocycles. The first-order valence-electron chi connectivity index (χ1n) is 10.5. The van der Waals surface area contributed by atoms with Gasteiger partial charge in [0.05, 0.1) is 13.1 Å². The number of nitrogens with zero attached hydrogens (tertiary/aromatic N) is 4. The van der Waals surface area contributed by atoms with Crippen LogP contribution in [-0.2, 0) is 45.5 Å². The van der Waals surface area contributed by atoms with E-state index in [2.05, 4.69) is 10.1 Å². The number of carbonyl (C=O) groups excluding carboxylic acids is 1. The molecule has 0 saturated carbocycles. The fourth-order valence-electron chi connectivity index (χ4n) is 3.50. The Balaban J connectivity index is 1.60. The van der Waals surface area contributed by atoms with Crippen molar-refractivity contribution in [2.24, 2.45) is 0 Å². The van der Waals surface area contributed by atoms with Gasteiger partial charge in [-0.15, -0.1) is 0 Å². The fourth-order valence-corrected chi connectivity index (χ4v) is 4.40. The Morgan fingerprint density at radius 2 is 1.85 bits per heavy atom. The number of halogens is 3. The number of esters is 1. The highest BCUT2D eigenvalue weighted by Gasteiger charge is 2.50. The van der Waals surface area contributed by atoms with E-state index >= 15 is 0 Å². The molecule has 0 bridgehead atoms. The summed E-state index contributed by atoms with van der Waals surface area (Å²) in [4.78, 5) is 16.1. The zero-order valence-electron chi connectivity index (χ0n) is 18.7. The molecule has 0 spiro atoms. The van der Waals surface area contributed by atoms with Crippen LogP contribution in [0.25, 0.3) is 0 Å². The summed E-state index contributed by atoms with van der Waals surface area (Å²) in [6, 6.07) is 7.68. The van der Waals surface area contributed by atoms with E-state index < -0.39 is 27.7 Å². The SMILES string of the molecule is CC(C)(C)OC(=O)CCCc1cccc(Cc2nc3n(n2)CCN(S(=O)(=O)C(F)(F)F)C3)c1. The van der Waals surface area contributed by atoms with Crippen molar-refractivity contribution in [3.05, 3.63) is 47.0 Å². The monoisotopic (exact) mass is 488 g/mol. The van der Waals surface area contributed by atoms with Crippen molar-refractivity contribution in [3.8, 4) is 0 Å². The van der Waals surface area contributed by atoms with Gasteiger partial charge < -0.3 is 4.74 Å². The maximum Gasteiger partial charge on any atom is 0.511 e. The number of fused-ring (bicyclic) bond motifs is 1. The first-order valence-corrected chi connectivity index (χ1v) is 12.0. The van der Waals surface area contributed by atoms with Crippen LogP contribution >= 0.6 is 0 Å². The van der Waals surface area contributed by atoms with Crippen LogP contribution < -0.4 is 0 Å². The third kappa shape index (κ3) is 6.53. The Morgan fingerprint density at radius 3 is 2.52 bits per heavy atom. The molecule has 2 aromatic rings. The molecule has 0 unspecified atom stereocenters. The molecule has 0 amide bonds. The maximum absolute atomic E-state index is 12.8. The molecule has 3 rings (SSSR count). The van der Waals surface area contributed by atoms with Gasteiger partial charge in [0.2, 0.25) is 0 Å². The van der Waals surface area contributed by atoms with Gasteiger partial charge in [-0.25, -0.2) is 18.1 Å². The third-order valence-corrected chi connectivity index (χ3v) is 6.50. The van der Waals surface area contributed by atoms with Crippen molar-refractivity contribution in [1.82, 2.24) is 19.1 Å². The van der Waals surface area contributed by atoms with E-state index in [1.54, 1.807) is 0 Å². The Labute approximate surface area is 190 Å². The van der Waals surface area contributed by atoms with Gasteiger partial charge in [-0.3, -0.25) is 4.79 Å². The molecule has 0 atom stereocenters. The number of sulfonamides is 1. The lowest BCUT2D eigenvalue weighted by molar-refractivity contribution is -0.154. The number of carbonyl (C=O) groups is 1. The molecule has 0 aliphatic carbocycles. The topological polar surface area (TPSA) is 94.4 Å². The molecule has 182 valence electrons. The van der Waals surface area contributed by atoms with Gasteiger partial charge in [-0.1, -0.05) is 24.3 Å². The standard InChI is InChI=1S/C21H27F3N4O4S/c1-20(2,3)32-19(29)9-5-7-15-6-4-8-16(12-15)13-17-25-18-14-27(10-11-28(18)26-17)33(30,31)21(22,23)24/h4,6,8,12H,5,7,9-11,13-14H2,1-3H3. The number of benzene rings is 1. The van der Waals surface area contributed by atoms with Gasteiger partial charge in [-0.05, 0) is 44.7 Å². The van der Waals surface area contributed by atoms with Gasteiger partial charge in [0.15, 0.2) is 5.82 Å². The van der Waals surface area contributed by atoms with Gasteiger partial charge in [0.1, 0.15) is 11.4 Å². The summed E-state index contributed by atoms with van der Waals surface area (Å²) in [5.41, 5.74) is -3.92. The lowest BCUT2D eigenvalue weighted by atomic mass is 10.0. The second kappa shape index (κ2) is 9.41. The van der Waals surface area contributed by atoms with Crippen molar-refractivity contribution < 1.29 is 31.1 Å². The molecule has 0 N–H and O–H groups in total. The van der Waals surface area contributed by atoms with Crippen molar-refractivity contribution in [1.29, 1.82) is 0 Å². The summed E-state index contributed by atoms with van der Waals surface area (Å²) in [5, 5.41) is 4.32. The number of hydrogen-bond donors (Lipinski definition) is 0. The van der Waals surface area contributed by atoms with E-state index in [4.69, 9.17) is 4.74 Å². The summed E-state index contributed by atoms with van der Waals surface area (Å²) in [6.45, 7) is 4.68. The molecule has 8 nitrogen and oxygen atoms in total. The van der Waals surface area contributed by atoms with Crippen molar-refractivity contribution >= 4 is 16.0 Å². The average molecular weight is 489 g/mol. The molecule has 1 aromatic carbocycles. The van der Waals surface area contributed by atoms with Crippen molar-refractivity contribution in [2.75, 3.05) is 6.54 Å². The Kier molecular flexibility index (Phi) is 7.18. The summed E-state index contributed by atoms with van der Waals surface area (Å²) < 4.78 is 69.0. The highest BCUT2D eigenvalue weighted by Crippen LogP contribution is 2.29. The number of aromatic nitrogens is 3. The van der Waals surface area contributed by atoms with E-state index in [0.29, 0.717) is 35.8 Å². The summed E-state index contributed by atoms with van der Waals surface area (Å²) in [5.74, 6) is 0.341. The second-order valence-electron chi connectivity index (χ2n) is 8.89. The molecule has 0 radical (unpaired) electrons. The lowest BCUT2D eigenvalue weighted by Crippen LogP contribution is -2.44. The summed E-state index contributed by atoms with van der Waals surface area (Å²) in [7, 11) is -5.40. The molecule has 2 heterocycles. The molecular formula is C21H27F3N4O4S. The van der Waals surface area contributed by atoms with Crippen LogP contribution in [0, 0.1) is 0 Å². The zero-order chi connectivity index (χ0) is 24.4. The lowest BCUT2D eigenvalue weighted by Gasteiger charge is -2.26. The number of ether oxygens (including phenoxy) is 1. The van der Waals surface area contributed by atoms with Crippen molar-refractivity contribution in [2.45, 2.75) is 70.7 Å².